The van der Waals surface area contributed by atoms with Crippen LogP contribution >= 0.6 is 0 Å². The average Bonchev–Trinajstić information content (AvgIpc) is 3.20. The lowest BCUT2D eigenvalue weighted by Crippen LogP contribution is -1.93. The number of nitro benzene ring substituents is 1. The minimum absolute atomic E-state index is 0.142. The van der Waals surface area contributed by atoms with E-state index in [1.165, 1.54) is 13.2 Å². The smallest absolute Gasteiger partial charge is 0.284 e. The summed E-state index contributed by atoms with van der Waals surface area (Å²) in [4.78, 5) is 10.9. The normalized spacial score (nSPS) is 10.8. The molecule has 0 atom stereocenters. The van der Waals surface area contributed by atoms with E-state index in [9.17, 15) is 15.4 Å². The Morgan fingerprint density at radius 2 is 1.89 bits per heavy atom. The van der Waals surface area contributed by atoms with E-state index in [0.29, 0.717) is 39.5 Å². The van der Waals surface area contributed by atoms with E-state index in [1.807, 2.05) is 6.07 Å². The van der Waals surface area contributed by atoms with Crippen LogP contribution in [-0.4, -0.2) is 12.0 Å². The molecule has 0 aliphatic rings. The maximum atomic E-state index is 11.4. The van der Waals surface area contributed by atoms with Gasteiger partial charge in [0.1, 0.15) is 17.3 Å². The largest absolute Gasteiger partial charge is 0.497 e. The van der Waals surface area contributed by atoms with E-state index in [2.05, 4.69) is 6.07 Å². The number of benzene rings is 2. The summed E-state index contributed by atoms with van der Waals surface area (Å²) in [5.41, 5.74) is 1.64. The van der Waals surface area contributed by atoms with Crippen molar-refractivity contribution in [2.24, 2.45) is 0 Å². The topological polar surface area (TPSA) is 113 Å². The maximum absolute atomic E-state index is 11.4. The van der Waals surface area contributed by atoms with Crippen LogP contribution in [0.25, 0.3) is 23.0 Å². The second-order valence-electron chi connectivity index (χ2n) is 5.70. The Bertz CT molecular complexity index is 1150. The molecular formula is C21H13N3O4. The summed E-state index contributed by atoms with van der Waals surface area (Å²) in [7, 11) is 1.43. The number of nitriles is 2. The van der Waals surface area contributed by atoms with Crippen molar-refractivity contribution in [2.45, 2.75) is 0 Å². The summed E-state index contributed by atoms with van der Waals surface area (Å²) in [6.07, 6.45) is 1.54. The van der Waals surface area contributed by atoms with Crippen molar-refractivity contribution in [2.75, 3.05) is 7.11 Å². The molecule has 0 radical (unpaired) electrons. The van der Waals surface area contributed by atoms with Gasteiger partial charge in [-0.05, 0) is 48.0 Å². The van der Waals surface area contributed by atoms with Gasteiger partial charge in [-0.25, -0.2) is 0 Å². The minimum atomic E-state index is -0.507. The number of rotatable bonds is 5. The molecule has 0 unspecified atom stereocenters. The van der Waals surface area contributed by atoms with Crippen molar-refractivity contribution >= 4 is 17.3 Å². The Balaban J connectivity index is 1.98. The van der Waals surface area contributed by atoms with Gasteiger partial charge in [0.2, 0.25) is 0 Å². The summed E-state index contributed by atoms with van der Waals surface area (Å²) < 4.78 is 10.7. The van der Waals surface area contributed by atoms with Crippen LogP contribution in [0.3, 0.4) is 0 Å². The standard InChI is InChI=1S/C21H13N3O4/c1-27-17-6-8-19(20(11-17)24(25)26)21-9-7-18(28-21)10-16(13-23)15-4-2-14(12-22)3-5-15/h2-11H,1H3/b16-10-. The molecule has 3 aromatic rings. The van der Waals surface area contributed by atoms with Crippen molar-refractivity contribution < 1.29 is 14.1 Å². The molecule has 7 heteroatoms. The van der Waals surface area contributed by atoms with Crippen LogP contribution in [0, 0.1) is 32.8 Å². The lowest BCUT2D eigenvalue weighted by Gasteiger charge is -2.03. The number of hydrogen-bond acceptors (Lipinski definition) is 6. The number of nitro groups is 1. The van der Waals surface area contributed by atoms with Gasteiger partial charge in [0.05, 0.1) is 46.9 Å². The van der Waals surface area contributed by atoms with Gasteiger partial charge in [0.15, 0.2) is 0 Å². The van der Waals surface area contributed by atoms with E-state index in [-0.39, 0.29) is 5.69 Å². The summed E-state index contributed by atoms with van der Waals surface area (Å²) in [5, 5.41) is 29.7. The minimum Gasteiger partial charge on any atom is -0.497 e. The van der Waals surface area contributed by atoms with E-state index >= 15 is 0 Å². The number of allylic oxidation sites excluding steroid dienone is 1. The fraction of sp³-hybridized carbons (Fsp3) is 0.0476. The van der Waals surface area contributed by atoms with Crippen molar-refractivity contribution in [3.63, 3.8) is 0 Å². The maximum Gasteiger partial charge on any atom is 0.284 e. The van der Waals surface area contributed by atoms with Crippen LogP contribution in [0.5, 0.6) is 5.75 Å². The van der Waals surface area contributed by atoms with E-state index in [4.69, 9.17) is 14.4 Å². The molecule has 0 N–H and O–H groups in total. The van der Waals surface area contributed by atoms with Gasteiger partial charge in [-0.1, -0.05) is 12.1 Å². The molecule has 28 heavy (non-hydrogen) atoms. The molecule has 0 fully saturated rings. The second kappa shape index (κ2) is 7.90. The Morgan fingerprint density at radius 1 is 1.14 bits per heavy atom. The van der Waals surface area contributed by atoms with Gasteiger partial charge in [0, 0.05) is 0 Å². The Morgan fingerprint density at radius 3 is 2.50 bits per heavy atom. The third kappa shape index (κ3) is 3.74. The van der Waals surface area contributed by atoms with Crippen molar-refractivity contribution in [3.05, 3.63) is 81.6 Å². The predicted octanol–water partition coefficient (Wildman–Crippen LogP) is 4.80. The van der Waals surface area contributed by atoms with Gasteiger partial charge in [0.25, 0.3) is 5.69 Å². The fourth-order valence-electron chi connectivity index (χ4n) is 2.62. The Labute approximate surface area is 160 Å². The third-order valence-corrected chi connectivity index (χ3v) is 4.03. The Kier molecular flexibility index (Phi) is 5.20. The first-order valence-electron chi connectivity index (χ1n) is 8.10. The van der Waals surface area contributed by atoms with Crippen LogP contribution < -0.4 is 4.74 Å². The molecule has 0 bridgehead atoms. The molecule has 3 rings (SSSR count). The highest BCUT2D eigenvalue weighted by Gasteiger charge is 2.19. The van der Waals surface area contributed by atoms with Crippen molar-refractivity contribution in [3.8, 4) is 29.2 Å². The SMILES string of the molecule is COc1ccc(-c2ccc(/C=C(/C#N)c3ccc(C#N)cc3)o2)c([N+](=O)[O-])c1. The van der Waals surface area contributed by atoms with E-state index < -0.39 is 4.92 Å². The van der Waals surface area contributed by atoms with Crippen molar-refractivity contribution in [1.82, 2.24) is 0 Å². The van der Waals surface area contributed by atoms with Gasteiger partial charge >= 0.3 is 0 Å². The molecular weight excluding hydrogens is 358 g/mol. The fourth-order valence-corrected chi connectivity index (χ4v) is 2.62. The predicted molar refractivity (Wildman–Crippen MR) is 102 cm³/mol. The third-order valence-electron chi connectivity index (χ3n) is 4.03. The molecule has 136 valence electrons. The second-order valence-corrected chi connectivity index (χ2v) is 5.70. The zero-order valence-corrected chi connectivity index (χ0v) is 14.7. The molecule has 1 heterocycles. The lowest BCUT2D eigenvalue weighted by molar-refractivity contribution is -0.384. The number of methoxy groups -OCH3 is 1. The summed E-state index contributed by atoms with van der Waals surface area (Å²) in [5.74, 6) is 1.05. The number of furan rings is 1. The molecule has 7 nitrogen and oxygen atoms in total. The summed E-state index contributed by atoms with van der Waals surface area (Å²) in [6, 6.07) is 18.4. The van der Waals surface area contributed by atoms with Gasteiger partial charge in [-0.15, -0.1) is 0 Å². The van der Waals surface area contributed by atoms with Gasteiger partial charge in [-0.3, -0.25) is 10.1 Å². The zero-order chi connectivity index (χ0) is 20.1. The Hall–Kier alpha value is -4.36. The first-order valence-corrected chi connectivity index (χ1v) is 8.10. The molecule has 0 amide bonds. The van der Waals surface area contributed by atoms with E-state index in [1.54, 1.807) is 54.6 Å². The molecule has 2 aromatic carbocycles. The summed E-state index contributed by atoms with van der Waals surface area (Å²) >= 11 is 0. The highest BCUT2D eigenvalue weighted by molar-refractivity contribution is 5.89. The quantitative estimate of drug-likeness (QED) is 0.362. The van der Waals surface area contributed by atoms with Crippen molar-refractivity contribution in [1.29, 1.82) is 10.5 Å². The van der Waals surface area contributed by atoms with Gasteiger partial charge < -0.3 is 9.15 Å². The molecule has 0 saturated heterocycles. The lowest BCUT2D eigenvalue weighted by atomic mass is 10.0. The molecule has 0 spiro atoms. The highest BCUT2D eigenvalue weighted by atomic mass is 16.6. The molecule has 0 saturated carbocycles. The van der Waals surface area contributed by atoms with Crippen LogP contribution in [0.2, 0.25) is 0 Å². The van der Waals surface area contributed by atoms with Gasteiger partial charge in [-0.2, -0.15) is 10.5 Å². The molecule has 0 aliphatic heterocycles. The van der Waals surface area contributed by atoms with E-state index in [0.717, 1.165) is 0 Å². The van der Waals surface area contributed by atoms with Crippen LogP contribution in [0.1, 0.15) is 16.9 Å². The average molecular weight is 371 g/mol. The molecule has 1 aromatic heterocycles. The summed E-state index contributed by atoms with van der Waals surface area (Å²) in [6.45, 7) is 0. The molecule has 0 aliphatic carbocycles. The number of hydrogen-bond donors (Lipinski definition) is 0. The number of ether oxygens (including phenoxy) is 1. The first-order chi connectivity index (χ1) is 13.5. The van der Waals surface area contributed by atoms with Crippen LogP contribution in [0.15, 0.2) is 59.0 Å². The monoisotopic (exact) mass is 371 g/mol. The first kappa shape index (κ1) is 18.4. The van der Waals surface area contributed by atoms with Crippen LogP contribution in [0.4, 0.5) is 5.69 Å². The highest BCUT2D eigenvalue weighted by Crippen LogP contribution is 2.34. The zero-order valence-electron chi connectivity index (χ0n) is 14.7. The van der Waals surface area contributed by atoms with Crippen LogP contribution in [-0.2, 0) is 0 Å². The number of nitrogens with zero attached hydrogens (tertiary/aromatic N) is 3.